The van der Waals surface area contributed by atoms with Gasteiger partial charge >= 0.3 is 5.69 Å². The first-order chi connectivity index (χ1) is 14.3. The van der Waals surface area contributed by atoms with Gasteiger partial charge in [-0.05, 0) is 36.4 Å². The fourth-order valence-electron chi connectivity index (χ4n) is 2.79. The number of azo groups is 1. The largest absolute Gasteiger partial charge is 0.391 e. The summed E-state index contributed by atoms with van der Waals surface area (Å²) in [5, 5.41) is 38.1. The monoisotopic (exact) mass is 417 g/mol. The molecule has 30 heavy (non-hydrogen) atoms. The van der Waals surface area contributed by atoms with Crippen LogP contribution in [0.1, 0.15) is 6.42 Å². The molecule has 2 aromatic carbocycles. The molecule has 160 valence electrons. The number of amides is 1. The van der Waals surface area contributed by atoms with Gasteiger partial charge in [0.25, 0.3) is 4.92 Å². The number of benzene rings is 2. The summed E-state index contributed by atoms with van der Waals surface area (Å²) in [6.07, 6.45) is 0.266. The summed E-state index contributed by atoms with van der Waals surface area (Å²) in [6.45, 7) is 1.46. The number of likely N-dealkylation sites (N-methyl/N-ethyl adjacent to an activating group) is 1. The molecule has 0 radical (unpaired) electrons. The first-order valence-corrected chi connectivity index (χ1v) is 9.48. The van der Waals surface area contributed by atoms with Gasteiger partial charge < -0.3 is 20.0 Å². The van der Waals surface area contributed by atoms with Crippen LogP contribution in [0.5, 0.6) is 0 Å². The van der Waals surface area contributed by atoms with Crippen LogP contribution in [-0.4, -0.2) is 70.6 Å². The Morgan fingerprint density at radius 1 is 0.933 bits per heavy atom. The van der Waals surface area contributed by atoms with Crippen LogP contribution < -0.4 is 5.32 Å². The molecule has 0 saturated heterocycles. The molecule has 0 aromatic heterocycles. The number of hydrogen-bond acceptors (Lipinski definition) is 6. The molecule has 0 atom stereocenters. The smallest absolute Gasteiger partial charge is 0.316 e. The normalized spacial score (nSPS) is 11.6. The van der Waals surface area contributed by atoms with Crippen LogP contribution in [0.4, 0.5) is 22.7 Å². The van der Waals surface area contributed by atoms with E-state index in [0.29, 0.717) is 41.2 Å². The lowest BCUT2D eigenvalue weighted by molar-refractivity contribution is -0.909. The molecule has 1 amide bonds. The minimum absolute atomic E-state index is 0.00317. The van der Waals surface area contributed by atoms with E-state index in [1.54, 1.807) is 36.4 Å². The SMILES string of the molecule is C[N+](CCO)(CCO)CCC(=O)Nc1ccc(N=Nc2ccc([N+](=O)O)cc2)cc1. The molecule has 2 rings (SSSR count). The molecule has 0 aliphatic rings. The zero-order valence-corrected chi connectivity index (χ0v) is 16.8. The van der Waals surface area contributed by atoms with Crippen molar-refractivity contribution < 1.29 is 29.6 Å². The summed E-state index contributed by atoms with van der Waals surface area (Å²) in [4.78, 5) is 22.7. The van der Waals surface area contributed by atoms with Gasteiger partial charge in [-0.25, -0.2) is 5.21 Å². The number of aliphatic hydroxyl groups is 2. The number of anilines is 1. The van der Waals surface area contributed by atoms with Gasteiger partial charge in [-0.3, -0.25) is 4.79 Å². The van der Waals surface area contributed by atoms with Crippen LogP contribution in [-0.2, 0) is 4.79 Å². The second-order valence-electron chi connectivity index (χ2n) is 7.07. The van der Waals surface area contributed by atoms with Crippen LogP contribution in [0.25, 0.3) is 0 Å². The van der Waals surface area contributed by atoms with Gasteiger partial charge in [-0.15, -0.1) is 0 Å². The predicted molar refractivity (Wildman–Crippen MR) is 110 cm³/mol. The van der Waals surface area contributed by atoms with Crippen molar-refractivity contribution in [2.75, 3.05) is 45.2 Å². The zero-order chi connectivity index (χ0) is 22.0. The second-order valence-corrected chi connectivity index (χ2v) is 7.07. The highest BCUT2D eigenvalue weighted by Crippen LogP contribution is 2.22. The van der Waals surface area contributed by atoms with Crippen molar-refractivity contribution in [3.8, 4) is 0 Å². The Hall–Kier alpha value is -3.21. The van der Waals surface area contributed by atoms with Crippen molar-refractivity contribution >= 4 is 28.7 Å². The Balaban J connectivity index is 1.89. The van der Waals surface area contributed by atoms with E-state index in [1.807, 2.05) is 7.05 Å². The molecule has 0 aliphatic carbocycles. The Kier molecular flexibility index (Phi) is 8.54. The first kappa shape index (κ1) is 23.1. The maximum absolute atomic E-state index is 12.2. The topological polar surface area (TPSA) is 135 Å². The fraction of sp³-hybridized carbons (Fsp3) is 0.350. The van der Waals surface area contributed by atoms with E-state index in [-0.39, 0.29) is 36.2 Å². The molecule has 0 spiro atoms. The average molecular weight is 417 g/mol. The van der Waals surface area contributed by atoms with Crippen LogP contribution in [0.15, 0.2) is 58.8 Å². The third kappa shape index (κ3) is 7.32. The predicted octanol–water partition coefficient (Wildman–Crippen LogP) is 2.66. The number of nitrogens with zero attached hydrogens (tertiary/aromatic N) is 4. The van der Waals surface area contributed by atoms with Gasteiger partial charge in [0, 0.05) is 17.8 Å². The molecule has 10 heteroatoms. The van der Waals surface area contributed by atoms with Crippen LogP contribution in [0.3, 0.4) is 0 Å². The standard InChI is InChI=1S/C20H26N5O5/c1-25(12-14-26,13-15-27)11-10-20(28)21-16-2-4-17(5-3-16)22-23-18-6-8-19(9-7-18)24(29)30/h2-9,26-27H,10-15H2,1H3,(H-,21,23,28,29,30)/q+1/p+1. The zero-order valence-electron chi connectivity index (χ0n) is 16.8. The molecule has 0 aliphatic heterocycles. The van der Waals surface area contributed by atoms with Gasteiger partial charge in [-0.2, -0.15) is 10.2 Å². The summed E-state index contributed by atoms with van der Waals surface area (Å²) in [5.41, 5.74) is 1.82. The summed E-state index contributed by atoms with van der Waals surface area (Å²) in [7, 11) is 1.90. The molecule has 0 fully saturated rings. The van der Waals surface area contributed by atoms with Crippen molar-refractivity contribution in [2.45, 2.75) is 6.42 Å². The van der Waals surface area contributed by atoms with Crippen molar-refractivity contribution in [3.63, 3.8) is 0 Å². The molecule has 0 saturated carbocycles. The molecular formula is C20H27N5O5+2. The number of hydrogen-bond donors (Lipinski definition) is 4. The highest BCUT2D eigenvalue weighted by Gasteiger charge is 2.21. The lowest BCUT2D eigenvalue weighted by Gasteiger charge is -2.33. The van der Waals surface area contributed by atoms with Gasteiger partial charge in [0.2, 0.25) is 5.91 Å². The second kappa shape index (κ2) is 11.1. The van der Waals surface area contributed by atoms with E-state index in [4.69, 9.17) is 15.4 Å². The van der Waals surface area contributed by atoms with Crippen molar-refractivity contribution in [2.24, 2.45) is 10.2 Å². The van der Waals surface area contributed by atoms with E-state index in [0.717, 1.165) is 0 Å². The van der Waals surface area contributed by atoms with Gasteiger partial charge in [0.05, 0.1) is 49.5 Å². The Bertz CT molecular complexity index is 862. The quantitative estimate of drug-likeness (QED) is 0.253. The summed E-state index contributed by atoms with van der Waals surface area (Å²) >= 11 is 0. The lowest BCUT2D eigenvalue weighted by Crippen LogP contribution is -2.49. The van der Waals surface area contributed by atoms with E-state index >= 15 is 0 Å². The Morgan fingerprint density at radius 2 is 1.43 bits per heavy atom. The average Bonchev–Trinajstić information content (AvgIpc) is 2.72. The number of nitrogens with one attached hydrogen (secondary N) is 1. The van der Waals surface area contributed by atoms with Crippen LogP contribution >= 0.6 is 0 Å². The minimum atomic E-state index is -0.229. The van der Waals surface area contributed by atoms with Crippen molar-refractivity contribution in [1.82, 2.24) is 0 Å². The molecular weight excluding hydrogens is 390 g/mol. The molecule has 4 N–H and O–H groups in total. The van der Waals surface area contributed by atoms with E-state index in [2.05, 4.69) is 15.5 Å². The van der Waals surface area contributed by atoms with Gasteiger partial charge in [0.1, 0.15) is 13.1 Å². The Morgan fingerprint density at radius 3 is 1.90 bits per heavy atom. The summed E-state index contributed by atoms with van der Waals surface area (Å²) < 4.78 is 0.422. The fourth-order valence-corrected chi connectivity index (χ4v) is 2.79. The van der Waals surface area contributed by atoms with Gasteiger partial charge in [-0.1, -0.05) is 0 Å². The van der Waals surface area contributed by atoms with Crippen molar-refractivity contribution in [1.29, 1.82) is 0 Å². The number of carbonyl (C=O) groups is 1. The van der Waals surface area contributed by atoms with E-state index in [1.165, 1.54) is 12.1 Å². The third-order valence-electron chi connectivity index (χ3n) is 4.66. The molecule has 0 bridgehead atoms. The van der Waals surface area contributed by atoms with Crippen LogP contribution in [0.2, 0.25) is 0 Å². The first-order valence-electron chi connectivity index (χ1n) is 9.48. The summed E-state index contributed by atoms with van der Waals surface area (Å²) in [6, 6.07) is 12.8. The molecule has 0 unspecified atom stereocenters. The highest BCUT2D eigenvalue weighted by molar-refractivity contribution is 5.90. The maximum atomic E-state index is 12.2. The number of rotatable bonds is 11. The van der Waals surface area contributed by atoms with E-state index in [9.17, 15) is 9.70 Å². The van der Waals surface area contributed by atoms with E-state index < -0.39 is 0 Å². The number of quaternary nitrogens is 1. The Labute approximate surface area is 174 Å². The molecule has 10 nitrogen and oxygen atoms in total. The van der Waals surface area contributed by atoms with Crippen molar-refractivity contribution in [3.05, 3.63) is 53.4 Å². The summed E-state index contributed by atoms with van der Waals surface area (Å²) in [5.74, 6) is -0.152. The minimum Gasteiger partial charge on any atom is -0.391 e. The highest BCUT2D eigenvalue weighted by atomic mass is 16.6. The van der Waals surface area contributed by atoms with Crippen LogP contribution in [0, 0.1) is 4.91 Å². The lowest BCUT2D eigenvalue weighted by atomic mass is 10.2. The number of aliphatic hydroxyl groups excluding tert-OH is 2. The van der Waals surface area contributed by atoms with Gasteiger partial charge in [0.15, 0.2) is 0 Å². The molecule has 0 heterocycles. The number of carbonyl (C=O) groups excluding carboxylic acids is 1. The molecule has 2 aromatic rings. The maximum Gasteiger partial charge on any atom is 0.316 e. The third-order valence-corrected chi connectivity index (χ3v) is 4.66.